The van der Waals surface area contributed by atoms with E-state index in [1.165, 1.54) is 0 Å². The normalized spacial score (nSPS) is 10.1. The van der Waals surface area contributed by atoms with Gasteiger partial charge in [0.1, 0.15) is 12.7 Å². The Morgan fingerprint density at radius 2 is 1.79 bits per heavy atom. The van der Waals surface area contributed by atoms with E-state index >= 15 is 0 Å². The van der Waals surface area contributed by atoms with Crippen LogP contribution in [0.15, 0.2) is 18.3 Å². The highest BCUT2D eigenvalue weighted by Crippen LogP contribution is 2.13. The van der Waals surface area contributed by atoms with Gasteiger partial charge in [-0.2, -0.15) is 5.26 Å². The minimum absolute atomic E-state index is 0.283. The molecule has 104 valence electrons. The van der Waals surface area contributed by atoms with E-state index in [-0.39, 0.29) is 5.69 Å². The molecule has 0 saturated carbocycles. The summed E-state index contributed by atoms with van der Waals surface area (Å²) in [6.45, 7) is 3.00. The predicted molar refractivity (Wildman–Crippen MR) is 68.0 cm³/mol. The van der Waals surface area contributed by atoms with E-state index < -0.39 is 0 Å². The number of methoxy groups -OCH3 is 1. The molecule has 6 heteroatoms. The number of pyridine rings is 1. The van der Waals surface area contributed by atoms with Gasteiger partial charge in [-0.1, -0.05) is 0 Å². The van der Waals surface area contributed by atoms with Crippen LogP contribution in [-0.4, -0.2) is 51.7 Å². The first kappa shape index (κ1) is 15.4. The molecule has 0 spiro atoms. The fraction of sp³-hybridized carbons (Fsp3) is 0.538. The molecule has 19 heavy (non-hydrogen) atoms. The highest BCUT2D eigenvalue weighted by atomic mass is 16.6. The first-order valence-corrected chi connectivity index (χ1v) is 6.01. The second-order valence-corrected chi connectivity index (χ2v) is 3.53. The molecule has 6 nitrogen and oxygen atoms in total. The first-order chi connectivity index (χ1) is 9.38. The van der Waals surface area contributed by atoms with Gasteiger partial charge < -0.3 is 18.9 Å². The number of ether oxygens (including phenoxy) is 4. The Morgan fingerprint density at radius 1 is 1.11 bits per heavy atom. The van der Waals surface area contributed by atoms with E-state index in [9.17, 15) is 0 Å². The maximum Gasteiger partial charge on any atom is 0.182 e. The van der Waals surface area contributed by atoms with Crippen LogP contribution >= 0.6 is 0 Å². The van der Waals surface area contributed by atoms with Crippen LogP contribution in [-0.2, 0) is 14.2 Å². The van der Waals surface area contributed by atoms with Crippen molar-refractivity contribution in [2.24, 2.45) is 0 Å². The van der Waals surface area contributed by atoms with Gasteiger partial charge in [0.2, 0.25) is 0 Å². The van der Waals surface area contributed by atoms with Gasteiger partial charge in [0, 0.05) is 13.3 Å². The van der Waals surface area contributed by atoms with Gasteiger partial charge >= 0.3 is 0 Å². The highest BCUT2D eigenvalue weighted by molar-refractivity contribution is 5.36. The summed E-state index contributed by atoms with van der Waals surface area (Å²) in [6.07, 6.45) is 1.55. The summed E-state index contributed by atoms with van der Waals surface area (Å²) in [7, 11) is 1.63. The lowest BCUT2D eigenvalue weighted by atomic mass is 10.3. The summed E-state index contributed by atoms with van der Waals surface area (Å²) in [4.78, 5) is 3.90. The highest BCUT2D eigenvalue weighted by Gasteiger charge is 2.02. The van der Waals surface area contributed by atoms with Crippen LogP contribution < -0.4 is 4.74 Å². The molecule has 1 aromatic rings. The zero-order chi connectivity index (χ0) is 13.8. The average molecular weight is 266 g/mol. The maximum absolute atomic E-state index is 8.81. The van der Waals surface area contributed by atoms with Crippen molar-refractivity contribution in [1.29, 1.82) is 5.26 Å². The van der Waals surface area contributed by atoms with Crippen LogP contribution in [0.4, 0.5) is 0 Å². The van der Waals surface area contributed by atoms with Crippen LogP contribution in [0, 0.1) is 11.3 Å². The molecule has 1 aromatic heterocycles. The van der Waals surface area contributed by atoms with E-state index in [1.807, 2.05) is 6.07 Å². The van der Waals surface area contributed by atoms with Crippen LogP contribution in [0.25, 0.3) is 0 Å². The Hall–Kier alpha value is -1.68. The molecule has 1 heterocycles. The van der Waals surface area contributed by atoms with Gasteiger partial charge in [-0.05, 0) is 12.1 Å². The van der Waals surface area contributed by atoms with Crippen molar-refractivity contribution >= 4 is 0 Å². The molecule has 0 N–H and O–H groups in total. The molecule has 0 aromatic carbocycles. The number of hydrogen-bond donors (Lipinski definition) is 0. The molecular weight excluding hydrogens is 248 g/mol. The van der Waals surface area contributed by atoms with E-state index in [1.54, 1.807) is 25.4 Å². The minimum atomic E-state index is 0.283. The van der Waals surface area contributed by atoms with Gasteiger partial charge in [-0.3, -0.25) is 0 Å². The summed E-state index contributed by atoms with van der Waals surface area (Å²) >= 11 is 0. The topological polar surface area (TPSA) is 73.6 Å². The molecule has 0 unspecified atom stereocenters. The van der Waals surface area contributed by atoms with Crippen molar-refractivity contribution in [3.8, 4) is 11.8 Å². The van der Waals surface area contributed by atoms with Crippen molar-refractivity contribution in [2.45, 2.75) is 0 Å². The number of rotatable bonds is 10. The van der Waals surface area contributed by atoms with Crippen LogP contribution in [0.1, 0.15) is 5.69 Å². The lowest BCUT2D eigenvalue weighted by molar-refractivity contribution is 0.0179. The fourth-order valence-corrected chi connectivity index (χ4v) is 1.27. The summed E-state index contributed by atoms with van der Waals surface area (Å²) in [5.74, 6) is 0.477. The van der Waals surface area contributed by atoms with E-state index in [2.05, 4.69) is 4.98 Å². The van der Waals surface area contributed by atoms with Crippen molar-refractivity contribution in [1.82, 2.24) is 4.98 Å². The van der Waals surface area contributed by atoms with E-state index in [0.29, 0.717) is 45.4 Å². The summed E-state index contributed by atoms with van der Waals surface area (Å²) in [5.41, 5.74) is 0.283. The summed E-state index contributed by atoms with van der Waals surface area (Å²) in [5, 5.41) is 8.81. The second kappa shape index (κ2) is 10.3. The van der Waals surface area contributed by atoms with Gasteiger partial charge in [0.15, 0.2) is 11.4 Å². The SMILES string of the molecule is COCCOCCOCCOc1cccnc1C#N. The Labute approximate surface area is 112 Å². The Bertz CT molecular complexity index is 392. The largest absolute Gasteiger partial charge is 0.488 e. The molecule has 1 rings (SSSR count). The molecule has 0 saturated heterocycles. The number of nitriles is 1. The minimum Gasteiger partial charge on any atom is -0.488 e. The lowest BCUT2D eigenvalue weighted by Gasteiger charge is -2.08. The van der Waals surface area contributed by atoms with Gasteiger partial charge in [-0.25, -0.2) is 4.98 Å². The molecule has 0 fully saturated rings. The molecular formula is C13H18N2O4. The summed E-state index contributed by atoms with van der Waals surface area (Å²) < 4.78 is 20.8. The molecule has 0 amide bonds. The molecule has 0 atom stereocenters. The third-order valence-corrected chi connectivity index (χ3v) is 2.17. The fourth-order valence-electron chi connectivity index (χ4n) is 1.27. The van der Waals surface area contributed by atoms with E-state index in [4.69, 9.17) is 24.2 Å². The zero-order valence-corrected chi connectivity index (χ0v) is 11.0. The average Bonchev–Trinajstić information content (AvgIpc) is 2.46. The first-order valence-electron chi connectivity index (χ1n) is 6.01. The monoisotopic (exact) mass is 266 g/mol. The maximum atomic E-state index is 8.81. The van der Waals surface area contributed by atoms with Crippen LogP contribution in [0.2, 0.25) is 0 Å². The smallest absolute Gasteiger partial charge is 0.182 e. The third kappa shape index (κ3) is 6.72. The van der Waals surface area contributed by atoms with Crippen LogP contribution in [0.5, 0.6) is 5.75 Å². The third-order valence-electron chi connectivity index (χ3n) is 2.17. The lowest BCUT2D eigenvalue weighted by Crippen LogP contribution is -2.12. The Balaban J connectivity index is 2.03. The quantitative estimate of drug-likeness (QED) is 0.588. The number of aromatic nitrogens is 1. The number of nitrogens with zero attached hydrogens (tertiary/aromatic N) is 2. The van der Waals surface area contributed by atoms with Crippen LogP contribution in [0.3, 0.4) is 0 Å². The molecule has 0 radical (unpaired) electrons. The van der Waals surface area contributed by atoms with Gasteiger partial charge in [-0.15, -0.1) is 0 Å². The molecule has 0 aliphatic carbocycles. The zero-order valence-electron chi connectivity index (χ0n) is 11.0. The summed E-state index contributed by atoms with van der Waals surface area (Å²) in [6, 6.07) is 5.40. The molecule has 0 aliphatic heterocycles. The van der Waals surface area contributed by atoms with Crippen molar-refractivity contribution in [2.75, 3.05) is 46.8 Å². The molecule has 0 aliphatic rings. The molecule has 0 bridgehead atoms. The standard InChI is InChI=1S/C13H18N2O4/c1-16-5-6-17-7-8-18-9-10-19-13-3-2-4-15-12(13)11-14/h2-4H,5-10H2,1H3. The van der Waals surface area contributed by atoms with E-state index in [0.717, 1.165) is 0 Å². The second-order valence-electron chi connectivity index (χ2n) is 3.53. The Kier molecular flexibility index (Phi) is 8.31. The van der Waals surface area contributed by atoms with Crippen molar-refractivity contribution < 1.29 is 18.9 Å². The van der Waals surface area contributed by atoms with Crippen molar-refractivity contribution in [3.63, 3.8) is 0 Å². The Morgan fingerprint density at radius 3 is 2.47 bits per heavy atom. The van der Waals surface area contributed by atoms with Gasteiger partial charge in [0.25, 0.3) is 0 Å². The predicted octanol–water partition coefficient (Wildman–Crippen LogP) is 1.01. The van der Waals surface area contributed by atoms with Crippen molar-refractivity contribution in [3.05, 3.63) is 24.0 Å². The van der Waals surface area contributed by atoms with Gasteiger partial charge in [0.05, 0.1) is 33.0 Å². The number of hydrogen-bond acceptors (Lipinski definition) is 6.